The second-order valence-corrected chi connectivity index (χ2v) is 3.12. The Hall–Kier alpha value is -0.790. The first-order valence-corrected chi connectivity index (χ1v) is 4.59. The summed E-state index contributed by atoms with van der Waals surface area (Å²) in [6.07, 6.45) is 5.57. The summed E-state index contributed by atoms with van der Waals surface area (Å²) < 4.78 is 0. The molecule has 0 aliphatic heterocycles. The van der Waals surface area contributed by atoms with E-state index in [9.17, 15) is 4.79 Å². The van der Waals surface area contributed by atoms with E-state index in [0.29, 0.717) is 0 Å². The van der Waals surface area contributed by atoms with Crippen LogP contribution in [-0.2, 0) is 4.79 Å². The molecule has 0 saturated carbocycles. The van der Waals surface area contributed by atoms with Crippen molar-refractivity contribution in [2.24, 2.45) is 0 Å². The number of carbonyl (C=O) groups is 1. The number of allylic oxidation sites excluding steroid dienone is 2. The molecule has 1 N–H and O–H groups in total. The lowest BCUT2D eigenvalue weighted by Crippen LogP contribution is -2.09. The largest absolute Gasteiger partial charge is 0.333 e. The van der Waals surface area contributed by atoms with E-state index in [2.05, 4.69) is 19.2 Å². The second kappa shape index (κ2) is 6.89. The van der Waals surface area contributed by atoms with E-state index in [0.717, 1.165) is 18.5 Å². The van der Waals surface area contributed by atoms with Gasteiger partial charge in [-0.15, -0.1) is 0 Å². The summed E-state index contributed by atoms with van der Waals surface area (Å²) in [5.41, 5.74) is 2.29. The summed E-state index contributed by atoms with van der Waals surface area (Å²) in [5.74, 6) is 0. The lowest BCUT2D eigenvalue weighted by Gasteiger charge is -2.05. The summed E-state index contributed by atoms with van der Waals surface area (Å²) in [6, 6.07) is 0. The lowest BCUT2D eigenvalue weighted by atomic mass is 10.1. The molecule has 0 fully saturated rings. The molecule has 0 unspecified atom stereocenters. The molecule has 70 valence electrons. The number of rotatable bonds is 6. The summed E-state index contributed by atoms with van der Waals surface area (Å²) in [6.45, 7) is 6.20. The first-order valence-electron chi connectivity index (χ1n) is 4.59. The lowest BCUT2D eigenvalue weighted by molar-refractivity contribution is -0.108. The Morgan fingerprint density at radius 1 is 1.33 bits per heavy atom. The van der Waals surface area contributed by atoms with Crippen LogP contribution in [0.15, 0.2) is 11.3 Å². The molecule has 0 rings (SSSR count). The van der Waals surface area contributed by atoms with Crippen LogP contribution < -0.4 is 5.32 Å². The number of carbonyl (C=O) groups excluding carboxylic acids is 1. The Morgan fingerprint density at radius 3 is 2.50 bits per heavy atom. The summed E-state index contributed by atoms with van der Waals surface area (Å²) in [5, 5.41) is 2.67. The van der Waals surface area contributed by atoms with Gasteiger partial charge in [-0.1, -0.05) is 25.3 Å². The van der Waals surface area contributed by atoms with Crippen molar-refractivity contribution in [1.29, 1.82) is 0 Å². The minimum atomic E-state index is 0.735. The number of amides is 1. The SMILES string of the molecule is CCCCC/C(C)=C(/C)NC=O. The van der Waals surface area contributed by atoms with Crippen LogP contribution in [0.5, 0.6) is 0 Å². The number of nitrogens with one attached hydrogen (secondary N) is 1. The third-order valence-electron chi connectivity index (χ3n) is 2.07. The maximum atomic E-state index is 10.1. The Kier molecular flexibility index (Phi) is 6.44. The number of unbranched alkanes of at least 4 members (excludes halogenated alkanes) is 2. The second-order valence-electron chi connectivity index (χ2n) is 3.12. The van der Waals surface area contributed by atoms with Crippen LogP contribution in [0, 0.1) is 0 Å². The van der Waals surface area contributed by atoms with Crippen LogP contribution in [0.25, 0.3) is 0 Å². The summed E-state index contributed by atoms with van der Waals surface area (Å²) >= 11 is 0. The Bertz CT molecular complexity index is 161. The van der Waals surface area contributed by atoms with Gasteiger partial charge in [0.05, 0.1) is 0 Å². The molecule has 0 aromatic rings. The predicted molar refractivity (Wildman–Crippen MR) is 51.7 cm³/mol. The van der Waals surface area contributed by atoms with Gasteiger partial charge in [0.25, 0.3) is 0 Å². The molecule has 2 heteroatoms. The Balaban J connectivity index is 3.73. The minimum Gasteiger partial charge on any atom is -0.333 e. The van der Waals surface area contributed by atoms with Crippen molar-refractivity contribution >= 4 is 6.41 Å². The average Bonchev–Trinajstić information content (AvgIpc) is 2.05. The van der Waals surface area contributed by atoms with E-state index in [1.165, 1.54) is 24.8 Å². The fourth-order valence-electron chi connectivity index (χ4n) is 1.04. The highest BCUT2D eigenvalue weighted by Crippen LogP contribution is 2.10. The fraction of sp³-hybridized carbons (Fsp3) is 0.700. The first-order chi connectivity index (χ1) is 5.72. The first kappa shape index (κ1) is 11.2. The van der Waals surface area contributed by atoms with Crippen LogP contribution in [0.2, 0.25) is 0 Å². The Morgan fingerprint density at radius 2 is 2.00 bits per heavy atom. The molecule has 0 aliphatic carbocycles. The highest BCUT2D eigenvalue weighted by Gasteiger charge is 1.95. The predicted octanol–water partition coefficient (Wildman–Crippen LogP) is 2.61. The molecule has 1 amide bonds. The topological polar surface area (TPSA) is 29.1 Å². The standard InChI is InChI=1S/C10H19NO/c1-4-5-6-7-9(2)10(3)11-8-12/h8H,4-7H2,1-3H3,(H,11,12)/b10-9-. The molecule has 0 atom stereocenters. The molecule has 0 bridgehead atoms. The van der Waals surface area contributed by atoms with E-state index in [4.69, 9.17) is 0 Å². The third kappa shape index (κ3) is 4.94. The van der Waals surface area contributed by atoms with E-state index in [1.807, 2.05) is 6.92 Å². The van der Waals surface area contributed by atoms with Gasteiger partial charge in [-0.3, -0.25) is 4.79 Å². The molecule has 0 radical (unpaired) electrons. The molecular formula is C10H19NO. The monoisotopic (exact) mass is 169 g/mol. The zero-order chi connectivity index (χ0) is 9.40. The molecule has 0 spiro atoms. The third-order valence-corrected chi connectivity index (χ3v) is 2.07. The van der Waals surface area contributed by atoms with Gasteiger partial charge in [-0.2, -0.15) is 0 Å². The molecular weight excluding hydrogens is 150 g/mol. The zero-order valence-corrected chi connectivity index (χ0v) is 8.31. The number of hydrogen-bond donors (Lipinski definition) is 1. The van der Waals surface area contributed by atoms with Gasteiger partial charge in [0, 0.05) is 5.70 Å². The normalized spacial score (nSPS) is 12.2. The van der Waals surface area contributed by atoms with Gasteiger partial charge < -0.3 is 5.32 Å². The van der Waals surface area contributed by atoms with Crippen LogP contribution in [-0.4, -0.2) is 6.41 Å². The van der Waals surface area contributed by atoms with Crippen molar-refractivity contribution < 1.29 is 4.79 Å². The van der Waals surface area contributed by atoms with Crippen LogP contribution in [0.3, 0.4) is 0 Å². The van der Waals surface area contributed by atoms with Crippen molar-refractivity contribution in [1.82, 2.24) is 5.32 Å². The molecule has 0 saturated heterocycles. The molecule has 2 nitrogen and oxygen atoms in total. The summed E-state index contributed by atoms with van der Waals surface area (Å²) in [4.78, 5) is 10.1. The van der Waals surface area contributed by atoms with Gasteiger partial charge in [-0.25, -0.2) is 0 Å². The van der Waals surface area contributed by atoms with Crippen LogP contribution in [0.4, 0.5) is 0 Å². The van der Waals surface area contributed by atoms with Crippen molar-refractivity contribution in [3.05, 3.63) is 11.3 Å². The molecule has 0 heterocycles. The highest BCUT2D eigenvalue weighted by molar-refractivity contribution is 5.50. The van der Waals surface area contributed by atoms with Gasteiger partial charge in [0.15, 0.2) is 0 Å². The number of hydrogen-bond acceptors (Lipinski definition) is 1. The summed E-state index contributed by atoms with van der Waals surface area (Å²) in [7, 11) is 0. The fourth-order valence-corrected chi connectivity index (χ4v) is 1.04. The zero-order valence-electron chi connectivity index (χ0n) is 8.31. The van der Waals surface area contributed by atoms with Gasteiger partial charge in [0.1, 0.15) is 0 Å². The maximum Gasteiger partial charge on any atom is 0.211 e. The van der Waals surface area contributed by atoms with Gasteiger partial charge in [-0.05, 0) is 26.7 Å². The highest BCUT2D eigenvalue weighted by atomic mass is 16.1. The van der Waals surface area contributed by atoms with Gasteiger partial charge >= 0.3 is 0 Å². The van der Waals surface area contributed by atoms with Crippen molar-refractivity contribution in [3.8, 4) is 0 Å². The smallest absolute Gasteiger partial charge is 0.211 e. The molecule has 0 aromatic heterocycles. The van der Waals surface area contributed by atoms with Crippen molar-refractivity contribution in [2.75, 3.05) is 0 Å². The van der Waals surface area contributed by atoms with Gasteiger partial charge in [0.2, 0.25) is 6.41 Å². The average molecular weight is 169 g/mol. The van der Waals surface area contributed by atoms with E-state index in [1.54, 1.807) is 0 Å². The quantitative estimate of drug-likeness (QED) is 0.480. The Labute approximate surface area is 75.0 Å². The van der Waals surface area contributed by atoms with Crippen LogP contribution >= 0.6 is 0 Å². The molecule has 12 heavy (non-hydrogen) atoms. The van der Waals surface area contributed by atoms with E-state index < -0.39 is 0 Å². The molecule has 0 aliphatic rings. The van der Waals surface area contributed by atoms with E-state index in [-0.39, 0.29) is 0 Å². The van der Waals surface area contributed by atoms with Crippen LogP contribution in [0.1, 0.15) is 46.5 Å². The molecule has 0 aromatic carbocycles. The maximum absolute atomic E-state index is 10.1. The van der Waals surface area contributed by atoms with E-state index >= 15 is 0 Å². The van der Waals surface area contributed by atoms with Crippen molar-refractivity contribution in [3.63, 3.8) is 0 Å². The minimum absolute atomic E-state index is 0.735. The van der Waals surface area contributed by atoms with Crippen molar-refractivity contribution in [2.45, 2.75) is 46.5 Å².